The van der Waals surface area contributed by atoms with Crippen LogP contribution < -0.4 is 15.4 Å². The van der Waals surface area contributed by atoms with E-state index in [4.69, 9.17) is 16.3 Å². The summed E-state index contributed by atoms with van der Waals surface area (Å²) in [5.74, 6) is 0.675. The number of pyridine rings is 1. The molecule has 1 amide bonds. The van der Waals surface area contributed by atoms with E-state index in [0.717, 1.165) is 16.8 Å². The van der Waals surface area contributed by atoms with E-state index >= 15 is 0 Å². The van der Waals surface area contributed by atoms with Crippen molar-refractivity contribution in [2.24, 2.45) is 0 Å². The zero-order chi connectivity index (χ0) is 22.3. The van der Waals surface area contributed by atoms with Gasteiger partial charge in [-0.3, -0.25) is 9.78 Å². The highest BCUT2D eigenvalue weighted by molar-refractivity contribution is 6.30. The maximum absolute atomic E-state index is 12.5. The van der Waals surface area contributed by atoms with E-state index in [2.05, 4.69) is 25.6 Å². The number of halogens is 1. The van der Waals surface area contributed by atoms with Crippen LogP contribution in [0.25, 0.3) is 11.3 Å². The van der Waals surface area contributed by atoms with Crippen LogP contribution in [0.15, 0.2) is 79.3 Å². The van der Waals surface area contributed by atoms with Gasteiger partial charge >= 0.3 is 0 Å². The van der Waals surface area contributed by atoms with Gasteiger partial charge in [-0.25, -0.2) is 9.97 Å². The van der Waals surface area contributed by atoms with Crippen LogP contribution in [-0.2, 0) is 4.79 Å². The lowest BCUT2D eigenvalue weighted by Crippen LogP contribution is -2.20. The molecule has 160 valence electrons. The molecule has 2 aromatic carbocycles. The Labute approximate surface area is 190 Å². The highest BCUT2D eigenvalue weighted by Crippen LogP contribution is 2.26. The number of anilines is 3. The molecule has 0 saturated heterocycles. The summed E-state index contributed by atoms with van der Waals surface area (Å²) in [5, 5.41) is 6.67. The number of carbonyl (C=O) groups excluding carboxylic acids is 1. The molecule has 8 heteroatoms. The fourth-order valence-corrected chi connectivity index (χ4v) is 3.08. The molecule has 32 heavy (non-hydrogen) atoms. The molecule has 2 aromatic heterocycles. The average Bonchev–Trinajstić information content (AvgIpc) is 2.81. The summed E-state index contributed by atoms with van der Waals surface area (Å²) in [6, 6.07) is 18.1. The lowest BCUT2D eigenvalue weighted by molar-refractivity contribution is -0.118. The van der Waals surface area contributed by atoms with E-state index < -0.39 is 0 Å². The maximum atomic E-state index is 12.5. The molecule has 0 aliphatic heterocycles. The Hall–Kier alpha value is -3.97. The fourth-order valence-electron chi connectivity index (χ4n) is 2.95. The Morgan fingerprint density at radius 3 is 2.66 bits per heavy atom. The van der Waals surface area contributed by atoms with Crippen LogP contribution in [0.3, 0.4) is 0 Å². The van der Waals surface area contributed by atoms with Crippen molar-refractivity contribution in [3.8, 4) is 17.0 Å². The van der Waals surface area contributed by atoms with Gasteiger partial charge in [0.15, 0.2) is 6.61 Å². The van der Waals surface area contributed by atoms with E-state index in [1.54, 1.807) is 42.9 Å². The molecule has 0 atom stereocenters. The van der Waals surface area contributed by atoms with Gasteiger partial charge in [0.25, 0.3) is 5.91 Å². The summed E-state index contributed by atoms with van der Waals surface area (Å²) < 4.78 is 5.52. The normalized spacial score (nSPS) is 10.4. The molecule has 0 fully saturated rings. The molecule has 0 bridgehead atoms. The zero-order valence-electron chi connectivity index (χ0n) is 17.2. The summed E-state index contributed by atoms with van der Waals surface area (Å²) in [7, 11) is 0. The first kappa shape index (κ1) is 21.3. The van der Waals surface area contributed by atoms with Gasteiger partial charge in [-0.1, -0.05) is 17.7 Å². The Bertz CT molecular complexity index is 1220. The van der Waals surface area contributed by atoms with Crippen molar-refractivity contribution in [3.05, 3.63) is 89.8 Å². The van der Waals surface area contributed by atoms with Gasteiger partial charge in [0.1, 0.15) is 5.75 Å². The average molecular weight is 446 g/mol. The zero-order valence-corrected chi connectivity index (χ0v) is 18.0. The van der Waals surface area contributed by atoms with Crippen LogP contribution in [-0.4, -0.2) is 27.5 Å². The van der Waals surface area contributed by atoms with E-state index in [-0.39, 0.29) is 12.5 Å². The minimum atomic E-state index is -0.295. The number of nitrogens with zero attached hydrogens (tertiary/aromatic N) is 3. The van der Waals surface area contributed by atoms with Crippen molar-refractivity contribution in [3.63, 3.8) is 0 Å². The third kappa shape index (κ3) is 5.59. The van der Waals surface area contributed by atoms with E-state index in [0.29, 0.717) is 28.1 Å². The van der Waals surface area contributed by atoms with Crippen LogP contribution in [0.2, 0.25) is 5.02 Å². The summed E-state index contributed by atoms with van der Waals surface area (Å²) in [6.07, 6.45) is 5.12. The van der Waals surface area contributed by atoms with Crippen molar-refractivity contribution in [2.75, 3.05) is 17.2 Å². The SMILES string of the molecule is Cc1ccc(NC(=O)COc2ccc(Cl)cc2)c(Nc2nccc(-c3cccnc3)n2)c1. The molecule has 0 saturated carbocycles. The Kier molecular flexibility index (Phi) is 6.57. The molecule has 7 nitrogen and oxygen atoms in total. The minimum Gasteiger partial charge on any atom is -0.484 e. The third-order valence-corrected chi connectivity index (χ3v) is 4.74. The molecular weight excluding hydrogens is 426 g/mol. The lowest BCUT2D eigenvalue weighted by Gasteiger charge is -2.14. The van der Waals surface area contributed by atoms with Crippen molar-refractivity contribution in [2.45, 2.75) is 6.92 Å². The van der Waals surface area contributed by atoms with Crippen LogP contribution in [0.1, 0.15) is 5.56 Å². The number of aromatic nitrogens is 3. The number of benzene rings is 2. The van der Waals surface area contributed by atoms with Gasteiger partial charge in [0, 0.05) is 29.2 Å². The smallest absolute Gasteiger partial charge is 0.262 e. The van der Waals surface area contributed by atoms with Crippen LogP contribution in [0.4, 0.5) is 17.3 Å². The lowest BCUT2D eigenvalue weighted by atomic mass is 10.2. The second-order valence-corrected chi connectivity index (χ2v) is 7.41. The minimum absolute atomic E-state index is 0.137. The second kappa shape index (κ2) is 9.89. The van der Waals surface area contributed by atoms with Crippen molar-refractivity contribution >= 4 is 34.8 Å². The quantitative estimate of drug-likeness (QED) is 0.403. The molecule has 4 aromatic rings. The van der Waals surface area contributed by atoms with Gasteiger partial charge < -0.3 is 15.4 Å². The second-order valence-electron chi connectivity index (χ2n) is 6.97. The molecule has 0 unspecified atom stereocenters. The number of hydrogen-bond acceptors (Lipinski definition) is 6. The van der Waals surface area contributed by atoms with Crippen LogP contribution >= 0.6 is 11.6 Å². The number of carbonyl (C=O) groups is 1. The number of rotatable bonds is 7. The molecule has 0 aliphatic rings. The standard InChI is InChI=1S/C24H20ClN5O2/c1-16-4-9-21(28-23(31)15-32-19-7-5-18(25)6-8-19)22(13-16)30-24-27-12-10-20(29-24)17-3-2-11-26-14-17/h2-14H,15H2,1H3,(H,28,31)(H,27,29,30). The molecule has 2 N–H and O–H groups in total. The predicted molar refractivity (Wildman–Crippen MR) is 125 cm³/mol. The highest BCUT2D eigenvalue weighted by Gasteiger charge is 2.11. The molecule has 2 heterocycles. The molecule has 0 spiro atoms. The predicted octanol–water partition coefficient (Wildman–Crippen LogP) is 5.26. The molecule has 0 aliphatic carbocycles. The number of aryl methyl sites for hydroxylation is 1. The van der Waals surface area contributed by atoms with Crippen molar-refractivity contribution in [1.29, 1.82) is 0 Å². The summed E-state index contributed by atoms with van der Waals surface area (Å²) >= 11 is 5.87. The summed E-state index contributed by atoms with van der Waals surface area (Å²) in [4.78, 5) is 25.4. The Morgan fingerprint density at radius 1 is 1.03 bits per heavy atom. The van der Waals surface area contributed by atoms with Crippen LogP contribution in [0, 0.1) is 6.92 Å². The van der Waals surface area contributed by atoms with Gasteiger partial charge in [-0.05, 0) is 67.1 Å². The number of hydrogen-bond donors (Lipinski definition) is 2. The van der Waals surface area contributed by atoms with E-state index in [1.807, 2.05) is 43.3 Å². The van der Waals surface area contributed by atoms with E-state index in [1.165, 1.54) is 0 Å². The van der Waals surface area contributed by atoms with Crippen molar-refractivity contribution in [1.82, 2.24) is 15.0 Å². The monoisotopic (exact) mass is 445 g/mol. The van der Waals surface area contributed by atoms with Gasteiger partial charge in [0.05, 0.1) is 17.1 Å². The number of nitrogens with one attached hydrogen (secondary N) is 2. The van der Waals surface area contributed by atoms with Gasteiger partial charge in [-0.2, -0.15) is 0 Å². The Balaban J connectivity index is 1.47. The first-order chi connectivity index (χ1) is 15.6. The molecule has 0 radical (unpaired) electrons. The molecular formula is C24H20ClN5O2. The summed E-state index contributed by atoms with van der Waals surface area (Å²) in [6.45, 7) is 1.83. The largest absolute Gasteiger partial charge is 0.484 e. The third-order valence-electron chi connectivity index (χ3n) is 4.49. The highest BCUT2D eigenvalue weighted by atomic mass is 35.5. The maximum Gasteiger partial charge on any atom is 0.262 e. The molecule has 4 rings (SSSR count). The van der Waals surface area contributed by atoms with Crippen LogP contribution in [0.5, 0.6) is 5.75 Å². The first-order valence-corrected chi connectivity index (χ1v) is 10.2. The first-order valence-electron chi connectivity index (χ1n) is 9.86. The Morgan fingerprint density at radius 2 is 1.88 bits per heavy atom. The van der Waals surface area contributed by atoms with Crippen molar-refractivity contribution < 1.29 is 9.53 Å². The van der Waals surface area contributed by atoms with E-state index in [9.17, 15) is 4.79 Å². The number of ether oxygens (including phenoxy) is 1. The summed E-state index contributed by atoms with van der Waals surface area (Å²) in [5.41, 5.74) is 3.91. The fraction of sp³-hybridized carbons (Fsp3) is 0.0833. The van der Waals surface area contributed by atoms with Gasteiger partial charge in [-0.15, -0.1) is 0 Å². The number of amides is 1. The topological polar surface area (TPSA) is 89.0 Å². The van der Waals surface area contributed by atoms with Gasteiger partial charge in [0.2, 0.25) is 5.95 Å².